The van der Waals surface area contributed by atoms with Crippen LogP contribution in [0.4, 0.5) is 0 Å². The van der Waals surface area contributed by atoms with Crippen LogP contribution < -0.4 is 0 Å². The maximum Gasteiger partial charge on any atom is 0.0684 e. The van der Waals surface area contributed by atoms with Gasteiger partial charge in [-0.1, -0.05) is 13.0 Å². The van der Waals surface area contributed by atoms with Gasteiger partial charge in [0, 0.05) is 11.6 Å². The maximum absolute atomic E-state index is 4.57. The molecule has 2 rings (SSSR count). The van der Waals surface area contributed by atoms with Crippen molar-refractivity contribution >= 4 is 5.71 Å². The highest BCUT2D eigenvalue weighted by Crippen LogP contribution is 2.33. The lowest BCUT2D eigenvalue weighted by Gasteiger charge is -1.96. The first-order valence-electron chi connectivity index (χ1n) is 4.16. The van der Waals surface area contributed by atoms with Gasteiger partial charge in [-0.2, -0.15) is 0 Å². The zero-order valence-electron chi connectivity index (χ0n) is 6.38. The first-order chi connectivity index (χ1) is 4.90. The van der Waals surface area contributed by atoms with Crippen molar-refractivity contribution in [2.24, 2.45) is 10.9 Å². The Balaban J connectivity index is 2.04. The highest BCUT2D eigenvalue weighted by atomic mass is 14.8. The van der Waals surface area contributed by atoms with E-state index in [-0.39, 0.29) is 0 Å². The van der Waals surface area contributed by atoms with Crippen LogP contribution in [0, 0.1) is 5.92 Å². The quantitative estimate of drug-likeness (QED) is 0.550. The van der Waals surface area contributed by atoms with Gasteiger partial charge >= 0.3 is 0 Å². The summed E-state index contributed by atoms with van der Waals surface area (Å²) in [5.41, 5.74) is 1.37. The molecular formula is C9H13N. The van der Waals surface area contributed by atoms with Crippen molar-refractivity contribution in [3.8, 4) is 0 Å². The van der Waals surface area contributed by atoms with Crippen LogP contribution in [0.5, 0.6) is 0 Å². The van der Waals surface area contributed by atoms with Crippen LogP contribution in [0.15, 0.2) is 17.1 Å². The third-order valence-corrected chi connectivity index (χ3v) is 2.22. The molecule has 1 heteroatoms. The van der Waals surface area contributed by atoms with Crippen molar-refractivity contribution in [3.63, 3.8) is 0 Å². The van der Waals surface area contributed by atoms with Crippen LogP contribution in [0.25, 0.3) is 0 Å². The minimum Gasteiger partial charge on any atom is -0.282 e. The van der Waals surface area contributed by atoms with Crippen molar-refractivity contribution < 1.29 is 0 Å². The van der Waals surface area contributed by atoms with Gasteiger partial charge in [-0.3, -0.25) is 4.99 Å². The van der Waals surface area contributed by atoms with Crippen LogP contribution >= 0.6 is 0 Å². The zero-order valence-corrected chi connectivity index (χ0v) is 6.38. The van der Waals surface area contributed by atoms with E-state index in [2.05, 4.69) is 24.1 Å². The summed E-state index contributed by atoms with van der Waals surface area (Å²) in [4.78, 5) is 4.57. The van der Waals surface area contributed by atoms with E-state index in [1.165, 1.54) is 18.6 Å². The van der Waals surface area contributed by atoms with Crippen molar-refractivity contribution in [2.45, 2.75) is 32.2 Å². The molecule has 0 aromatic rings. The van der Waals surface area contributed by atoms with Crippen molar-refractivity contribution in [3.05, 3.63) is 12.2 Å². The van der Waals surface area contributed by atoms with E-state index in [0.29, 0.717) is 6.04 Å². The fraction of sp³-hybridized carbons (Fsp3) is 0.667. The number of rotatable bonds is 2. The number of nitrogens with zero attached hydrogens (tertiary/aromatic N) is 1. The molecule has 54 valence electrons. The van der Waals surface area contributed by atoms with E-state index in [9.17, 15) is 0 Å². The lowest BCUT2D eigenvalue weighted by atomic mass is 10.2. The van der Waals surface area contributed by atoms with Crippen LogP contribution in [0.1, 0.15) is 26.2 Å². The Bertz CT molecular complexity index is 187. The lowest BCUT2D eigenvalue weighted by Crippen LogP contribution is -1.96. The highest BCUT2D eigenvalue weighted by Gasteiger charge is 2.27. The molecule has 0 bridgehead atoms. The smallest absolute Gasteiger partial charge is 0.0684 e. The second-order valence-electron chi connectivity index (χ2n) is 3.16. The molecular weight excluding hydrogens is 122 g/mol. The predicted molar refractivity (Wildman–Crippen MR) is 43.4 cm³/mol. The van der Waals surface area contributed by atoms with E-state index in [4.69, 9.17) is 0 Å². The molecule has 0 amide bonds. The summed E-state index contributed by atoms with van der Waals surface area (Å²) in [6.07, 6.45) is 8.35. The second kappa shape index (κ2) is 2.22. The van der Waals surface area contributed by atoms with Gasteiger partial charge in [-0.05, 0) is 25.3 Å². The standard InChI is InChI=1S/C9H13N/c1-2-8-5-6-9(10-8)7-3-4-7/h5-8H,2-4H2,1H3. The maximum atomic E-state index is 4.57. The zero-order chi connectivity index (χ0) is 6.97. The molecule has 10 heavy (non-hydrogen) atoms. The molecule has 1 fully saturated rings. The topological polar surface area (TPSA) is 12.4 Å². The molecule has 1 aliphatic heterocycles. The summed E-state index contributed by atoms with van der Waals surface area (Å²) in [6, 6.07) is 0.510. The fourth-order valence-electron chi connectivity index (χ4n) is 1.34. The minimum absolute atomic E-state index is 0.510. The van der Waals surface area contributed by atoms with Crippen LogP contribution in [0.3, 0.4) is 0 Å². The van der Waals surface area contributed by atoms with Gasteiger partial charge in [0.2, 0.25) is 0 Å². The van der Waals surface area contributed by atoms with Gasteiger partial charge in [-0.15, -0.1) is 0 Å². The molecule has 1 atom stereocenters. The Labute approximate surface area is 61.9 Å². The Hall–Kier alpha value is -0.590. The number of aliphatic imine (C=N–C) groups is 1. The van der Waals surface area contributed by atoms with Crippen molar-refractivity contribution in [1.29, 1.82) is 0 Å². The number of hydrogen-bond acceptors (Lipinski definition) is 1. The lowest BCUT2D eigenvalue weighted by molar-refractivity contribution is 0.793. The molecule has 0 spiro atoms. The van der Waals surface area contributed by atoms with E-state index >= 15 is 0 Å². The second-order valence-corrected chi connectivity index (χ2v) is 3.16. The minimum atomic E-state index is 0.510. The van der Waals surface area contributed by atoms with Crippen molar-refractivity contribution in [2.75, 3.05) is 0 Å². The third-order valence-electron chi connectivity index (χ3n) is 2.22. The summed E-state index contributed by atoms with van der Waals surface area (Å²) in [5.74, 6) is 0.841. The fourth-order valence-corrected chi connectivity index (χ4v) is 1.34. The van der Waals surface area contributed by atoms with Crippen LogP contribution in [0.2, 0.25) is 0 Å². The molecule has 0 aromatic carbocycles. The molecule has 0 radical (unpaired) electrons. The Morgan fingerprint density at radius 2 is 2.40 bits per heavy atom. The summed E-state index contributed by atoms with van der Waals surface area (Å²) in [6.45, 7) is 2.19. The molecule has 1 aliphatic carbocycles. The van der Waals surface area contributed by atoms with E-state index in [0.717, 1.165) is 12.3 Å². The van der Waals surface area contributed by atoms with Gasteiger partial charge in [0.1, 0.15) is 0 Å². The van der Waals surface area contributed by atoms with E-state index < -0.39 is 0 Å². The molecule has 1 unspecified atom stereocenters. The SMILES string of the molecule is CCC1C=CC(C2CC2)=N1. The Morgan fingerprint density at radius 3 is 2.90 bits per heavy atom. The number of hydrogen-bond donors (Lipinski definition) is 0. The highest BCUT2D eigenvalue weighted by molar-refractivity contribution is 6.00. The molecule has 1 nitrogen and oxygen atoms in total. The van der Waals surface area contributed by atoms with E-state index in [1.54, 1.807) is 0 Å². The summed E-state index contributed by atoms with van der Waals surface area (Å²) >= 11 is 0. The third kappa shape index (κ3) is 1.00. The molecule has 0 aromatic heterocycles. The monoisotopic (exact) mass is 135 g/mol. The Morgan fingerprint density at radius 1 is 1.60 bits per heavy atom. The van der Waals surface area contributed by atoms with E-state index in [1.807, 2.05) is 0 Å². The molecule has 1 heterocycles. The Kier molecular flexibility index (Phi) is 1.37. The van der Waals surface area contributed by atoms with Crippen molar-refractivity contribution in [1.82, 2.24) is 0 Å². The van der Waals surface area contributed by atoms with Gasteiger partial charge in [0.05, 0.1) is 6.04 Å². The molecule has 0 saturated heterocycles. The molecule has 1 saturated carbocycles. The van der Waals surface area contributed by atoms with Crippen LogP contribution in [-0.4, -0.2) is 11.8 Å². The van der Waals surface area contributed by atoms with Gasteiger partial charge in [0.15, 0.2) is 0 Å². The normalized spacial score (nSPS) is 30.9. The van der Waals surface area contributed by atoms with Gasteiger partial charge in [-0.25, -0.2) is 0 Å². The summed E-state index contributed by atoms with van der Waals surface area (Å²) in [7, 11) is 0. The largest absolute Gasteiger partial charge is 0.282 e. The molecule has 2 aliphatic rings. The predicted octanol–water partition coefficient (Wildman–Crippen LogP) is 2.19. The average molecular weight is 135 g/mol. The number of allylic oxidation sites excluding steroid dienone is 1. The average Bonchev–Trinajstić information content (AvgIpc) is 2.70. The summed E-state index contributed by atoms with van der Waals surface area (Å²) < 4.78 is 0. The summed E-state index contributed by atoms with van der Waals surface area (Å²) in [5, 5.41) is 0. The first-order valence-corrected chi connectivity index (χ1v) is 4.16. The van der Waals surface area contributed by atoms with Gasteiger partial charge < -0.3 is 0 Å². The first kappa shape index (κ1) is 6.14. The van der Waals surface area contributed by atoms with Gasteiger partial charge in [0.25, 0.3) is 0 Å². The molecule has 0 N–H and O–H groups in total. The van der Waals surface area contributed by atoms with Crippen LogP contribution in [-0.2, 0) is 0 Å².